The Labute approximate surface area is 258 Å². The van der Waals surface area contributed by atoms with Gasteiger partial charge in [-0.15, -0.1) is 0 Å². The maximum absolute atomic E-state index is 4.49. The van der Waals surface area contributed by atoms with E-state index in [2.05, 4.69) is 169 Å². The Morgan fingerprint density at radius 1 is 0.455 bits per heavy atom. The molecule has 0 N–H and O–H groups in total. The van der Waals surface area contributed by atoms with Crippen molar-refractivity contribution in [2.45, 2.75) is 19.3 Å². The molecule has 8 rings (SSSR count). The van der Waals surface area contributed by atoms with Gasteiger partial charge in [0.25, 0.3) is 0 Å². The van der Waals surface area contributed by atoms with E-state index >= 15 is 0 Å². The van der Waals surface area contributed by atoms with Crippen LogP contribution in [-0.4, -0.2) is 4.98 Å². The zero-order chi connectivity index (χ0) is 29.7. The highest BCUT2D eigenvalue weighted by molar-refractivity contribution is 5.87. The number of hydrogen-bond donors (Lipinski definition) is 0. The number of fused-ring (bicyclic) bond motifs is 4. The molecule has 0 unspecified atom stereocenters. The Balaban J connectivity index is 1.22. The first-order valence-corrected chi connectivity index (χ1v) is 15.2. The number of pyridine rings is 1. The standard InChI is InChI=1S/C42H32N2/c1-42(2)39-13-7-6-12-37(39)38-24-23-36(28-40(38)42)44(34-19-14-30(15-20-34)29-9-4-3-5-10-29)35-21-16-31(17-22-35)32-18-25-41-33(27-32)11-8-26-43-41/h3-28H,1-2H3. The molecule has 0 amide bonds. The van der Waals surface area contributed by atoms with Crippen molar-refractivity contribution in [1.29, 1.82) is 0 Å². The summed E-state index contributed by atoms with van der Waals surface area (Å²) in [6.07, 6.45) is 1.84. The molecule has 0 atom stereocenters. The minimum atomic E-state index is -0.0699. The fourth-order valence-electron chi connectivity index (χ4n) is 6.77. The van der Waals surface area contributed by atoms with Crippen molar-refractivity contribution in [3.63, 3.8) is 0 Å². The zero-order valence-corrected chi connectivity index (χ0v) is 24.9. The molecule has 210 valence electrons. The summed E-state index contributed by atoms with van der Waals surface area (Å²) in [6, 6.07) is 54.8. The highest BCUT2D eigenvalue weighted by atomic mass is 15.1. The van der Waals surface area contributed by atoms with Crippen LogP contribution in [0.2, 0.25) is 0 Å². The lowest BCUT2D eigenvalue weighted by atomic mass is 9.82. The molecular formula is C42H32N2. The van der Waals surface area contributed by atoms with Gasteiger partial charge in [0.1, 0.15) is 0 Å². The minimum Gasteiger partial charge on any atom is -0.310 e. The number of hydrogen-bond acceptors (Lipinski definition) is 2. The molecule has 0 radical (unpaired) electrons. The fraction of sp³-hybridized carbons (Fsp3) is 0.0714. The second-order valence-corrected chi connectivity index (χ2v) is 12.1. The predicted octanol–water partition coefficient (Wildman–Crippen LogP) is 11.3. The van der Waals surface area contributed by atoms with Gasteiger partial charge < -0.3 is 4.90 Å². The van der Waals surface area contributed by atoms with Crippen molar-refractivity contribution >= 4 is 28.0 Å². The van der Waals surface area contributed by atoms with Crippen LogP contribution in [0.1, 0.15) is 25.0 Å². The van der Waals surface area contributed by atoms with E-state index in [9.17, 15) is 0 Å². The number of rotatable bonds is 5. The third kappa shape index (κ3) is 4.39. The molecule has 1 heterocycles. The van der Waals surface area contributed by atoms with E-state index in [1.807, 2.05) is 12.3 Å². The molecule has 0 saturated carbocycles. The smallest absolute Gasteiger partial charge is 0.0702 e. The molecule has 1 aliphatic carbocycles. The number of nitrogens with zero attached hydrogens (tertiary/aromatic N) is 2. The molecule has 1 aliphatic rings. The third-order valence-electron chi connectivity index (χ3n) is 9.12. The van der Waals surface area contributed by atoms with E-state index in [4.69, 9.17) is 0 Å². The molecule has 44 heavy (non-hydrogen) atoms. The monoisotopic (exact) mass is 564 g/mol. The molecule has 2 nitrogen and oxygen atoms in total. The molecule has 0 spiro atoms. The number of benzene rings is 6. The Kier molecular flexibility index (Phi) is 6.16. The average Bonchev–Trinajstić information content (AvgIpc) is 3.31. The molecule has 7 aromatic rings. The van der Waals surface area contributed by atoms with Gasteiger partial charge in [0.05, 0.1) is 5.52 Å². The fourth-order valence-corrected chi connectivity index (χ4v) is 6.77. The maximum Gasteiger partial charge on any atom is 0.0702 e. The first-order valence-electron chi connectivity index (χ1n) is 15.2. The first-order chi connectivity index (χ1) is 21.6. The molecule has 1 aromatic heterocycles. The van der Waals surface area contributed by atoms with Crippen LogP contribution in [0.5, 0.6) is 0 Å². The highest BCUT2D eigenvalue weighted by Gasteiger charge is 2.35. The van der Waals surface area contributed by atoms with E-state index in [0.717, 1.165) is 28.0 Å². The third-order valence-corrected chi connectivity index (χ3v) is 9.12. The second kappa shape index (κ2) is 10.4. The summed E-state index contributed by atoms with van der Waals surface area (Å²) < 4.78 is 0. The zero-order valence-electron chi connectivity index (χ0n) is 24.9. The maximum atomic E-state index is 4.49. The van der Waals surface area contributed by atoms with Crippen LogP contribution in [0.25, 0.3) is 44.3 Å². The Morgan fingerprint density at radius 2 is 1.05 bits per heavy atom. The topological polar surface area (TPSA) is 16.1 Å². The highest BCUT2D eigenvalue weighted by Crippen LogP contribution is 2.50. The normalized spacial score (nSPS) is 13.0. The van der Waals surface area contributed by atoms with Crippen molar-refractivity contribution < 1.29 is 0 Å². The van der Waals surface area contributed by atoms with Crippen molar-refractivity contribution in [3.05, 3.63) is 169 Å². The van der Waals surface area contributed by atoms with Gasteiger partial charge in [-0.1, -0.05) is 111 Å². The van der Waals surface area contributed by atoms with Gasteiger partial charge in [-0.2, -0.15) is 0 Å². The van der Waals surface area contributed by atoms with Crippen LogP contribution in [0.15, 0.2) is 158 Å². The summed E-state index contributed by atoms with van der Waals surface area (Å²) in [7, 11) is 0. The minimum absolute atomic E-state index is 0.0699. The Hall–Kier alpha value is -5.47. The van der Waals surface area contributed by atoms with Gasteiger partial charge in [-0.25, -0.2) is 0 Å². The van der Waals surface area contributed by atoms with Gasteiger partial charge in [0, 0.05) is 34.1 Å². The molecule has 2 heteroatoms. The van der Waals surface area contributed by atoms with Gasteiger partial charge in [0.2, 0.25) is 0 Å². The van der Waals surface area contributed by atoms with Crippen molar-refractivity contribution in [1.82, 2.24) is 4.98 Å². The van der Waals surface area contributed by atoms with Crippen LogP contribution in [0, 0.1) is 0 Å². The molecule has 0 fully saturated rings. The lowest BCUT2D eigenvalue weighted by Crippen LogP contribution is -2.16. The largest absolute Gasteiger partial charge is 0.310 e. The SMILES string of the molecule is CC1(C)c2ccccc2-c2ccc(N(c3ccc(-c4ccccc4)cc3)c3ccc(-c4ccc5ncccc5c4)cc3)cc21. The summed E-state index contributed by atoms with van der Waals surface area (Å²) in [5.41, 5.74) is 14.6. The van der Waals surface area contributed by atoms with E-state index in [1.165, 1.54) is 44.5 Å². The Morgan fingerprint density at radius 3 is 1.80 bits per heavy atom. The lowest BCUT2D eigenvalue weighted by molar-refractivity contribution is 0.660. The summed E-state index contributed by atoms with van der Waals surface area (Å²) in [4.78, 5) is 6.86. The van der Waals surface area contributed by atoms with E-state index in [-0.39, 0.29) is 5.41 Å². The van der Waals surface area contributed by atoms with Crippen molar-refractivity contribution in [3.8, 4) is 33.4 Å². The molecular weight excluding hydrogens is 532 g/mol. The van der Waals surface area contributed by atoms with Crippen LogP contribution in [0.4, 0.5) is 17.1 Å². The second-order valence-electron chi connectivity index (χ2n) is 12.1. The summed E-state index contributed by atoms with van der Waals surface area (Å²) in [5.74, 6) is 0. The molecule has 0 bridgehead atoms. The van der Waals surface area contributed by atoms with Crippen LogP contribution in [0.3, 0.4) is 0 Å². The van der Waals surface area contributed by atoms with Crippen LogP contribution < -0.4 is 4.90 Å². The van der Waals surface area contributed by atoms with Crippen LogP contribution >= 0.6 is 0 Å². The van der Waals surface area contributed by atoms with Gasteiger partial charge >= 0.3 is 0 Å². The van der Waals surface area contributed by atoms with E-state index in [1.54, 1.807) is 0 Å². The number of aromatic nitrogens is 1. The predicted molar refractivity (Wildman–Crippen MR) is 185 cm³/mol. The van der Waals surface area contributed by atoms with Gasteiger partial charge in [0.15, 0.2) is 0 Å². The Bertz CT molecular complexity index is 2130. The average molecular weight is 565 g/mol. The van der Waals surface area contributed by atoms with Crippen molar-refractivity contribution in [2.75, 3.05) is 4.90 Å². The van der Waals surface area contributed by atoms with Crippen LogP contribution in [-0.2, 0) is 5.41 Å². The number of anilines is 3. The summed E-state index contributed by atoms with van der Waals surface area (Å²) >= 11 is 0. The molecule has 0 aliphatic heterocycles. The van der Waals surface area contributed by atoms with E-state index in [0.29, 0.717) is 0 Å². The molecule has 6 aromatic carbocycles. The summed E-state index contributed by atoms with van der Waals surface area (Å²) in [6.45, 7) is 4.68. The van der Waals surface area contributed by atoms with Gasteiger partial charge in [-0.3, -0.25) is 4.98 Å². The lowest BCUT2D eigenvalue weighted by Gasteiger charge is -2.28. The quantitative estimate of drug-likeness (QED) is 0.207. The van der Waals surface area contributed by atoms with E-state index < -0.39 is 0 Å². The summed E-state index contributed by atoms with van der Waals surface area (Å²) in [5, 5.41) is 1.15. The van der Waals surface area contributed by atoms with Gasteiger partial charge in [-0.05, 0) is 99.1 Å². The van der Waals surface area contributed by atoms with Crippen molar-refractivity contribution in [2.24, 2.45) is 0 Å². The first kappa shape index (κ1) is 26.2. The molecule has 0 saturated heterocycles.